The third-order valence-electron chi connectivity index (χ3n) is 4.12. The first-order valence-corrected chi connectivity index (χ1v) is 7.19. The maximum atomic E-state index is 12.2. The van der Waals surface area contributed by atoms with Crippen LogP contribution in [0.25, 0.3) is 0 Å². The summed E-state index contributed by atoms with van der Waals surface area (Å²) in [7, 11) is 0. The van der Waals surface area contributed by atoms with Gasteiger partial charge in [0, 0.05) is 0 Å². The highest BCUT2D eigenvalue weighted by Crippen LogP contribution is 2.45. The number of hydrogen-bond acceptors (Lipinski definition) is 2. The predicted molar refractivity (Wildman–Crippen MR) is 75.5 cm³/mol. The number of amides is 1. The second kappa shape index (κ2) is 5.33. The van der Waals surface area contributed by atoms with Gasteiger partial charge in [0.2, 0.25) is 5.91 Å². The molecule has 0 spiro atoms. The van der Waals surface area contributed by atoms with Crippen LogP contribution in [0.2, 0.25) is 0 Å². The second-order valence-electron chi connectivity index (χ2n) is 5.64. The summed E-state index contributed by atoms with van der Waals surface area (Å²) in [6.07, 6.45) is 6.65. The minimum atomic E-state index is -0.0692. The Morgan fingerprint density at radius 1 is 1.16 bits per heavy atom. The van der Waals surface area contributed by atoms with E-state index >= 15 is 0 Å². The maximum Gasteiger partial charge on any atom is 0.234 e. The van der Waals surface area contributed by atoms with Gasteiger partial charge in [0.1, 0.15) is 0 Å². The van der Waals surface area contributed by atoms with Crippen molar-refractivity contribution in [2.75, 3.05) is 19.6 Å². The first kappa shape index (κ1) is 12.7. The third kappa shape index (κ3) is 2.98. The van der Waals surface area contributed by atoms with Crippen LogP contribution in [-0.4, -0.2) is 30.4 Å². The van der Waals surface area contributed by atoms with Crippen LogP contribution < -0.4 is 5.32 Å². The average molecular weight is 257 g/mol. The molecule has 3 nitrogen and oxygen atoms in total. The Kier molecular flexibility index (Phi) is 3.56. The van der Waals surface area contributed by atoms with E-state index in [9.17, 15) is 4.79 Å². The monoisotopic (exact) mass is 257 g/mol. The smallest absolute Gasteiger partial charge is 0.234 e. The van der Waals surface area contributed by atoms with Crippen LogP contribution in [-0.2, 0) is 10.3 Å². The highest BCUT2D eigenvalue weighted by Gasteiger charge is 2.45. The molecule has 1 amide bonds. The van der Waals surface area contributed by atoms with Crippen LogP contribution >= 0.6 is 0 Å². The molecule has 19 heavy (non-hydrogen) atoms. The Morgan fingerprint density at radius 3 is 2.47 bits per heavy atom. The molecule has 1 saturated heterocycles. The standard InChI is InChI=1S/C16H21N2O/c19-15(13-18-11-5-2-6-12-18)17-16(9-10-16)14-7-3-1-4-8-14/h1-4,7-8H,5-6,9-13H2,(H,17,19). The summed E-state index contributed by atoms with van der Waals surface area (Å²) in [5.74, 6) is 0.170. The number of carbonyl (C=O) groups is 1. The fourth-order valence-corrected chi connectivity index (χ4v) is 2.84. The van der Waals surface area contributed by atoms with Gasteiger partial charge in [-0.05, 0) is 50.8 Å². The van der Waals surface area contributed by atoms with E-state index in [2.05, 4.69) is 28.8 Å². The number of benzene rings is 1. The number of likely N-dealkylation sites (tertiary alicyclic amines) is 1. The van der Waals surface area contributed by atoms with Gasteiger partial charge in [-0.2, -0.15) is 0 Å². The van der Waals surface area contributed by atoms with Crippen molar-refractivity contribution in [3.05, 3.63) is 42.3 Å². The number of hydrogen-bond donors (Lipinski definition) is 1. The molecule has 1 aromatic rings. The summed E-state index contributed by atoms with van der Waals surface area (Å²) in [5.41, 5.74) is 1.18. The minimum absolute atomic E-state index is 0.0692. The van der Waals surface area contributed by atoms with Crippen LogP contribution in [0.5, 0.6) is 0 Å². The fraction of sp³-hybridized carbons (Fsp3) is 0.500. The zero-order chi connectivity index (χ0) is 13.1. The van der Waals surface area contributed by atoms with Crippen molar-refractivity contribution >= 4 is 5.91 Å². The summed E-state index contributed by atoms with van der Waals surface area (Å²) in [6.45, 7) is 2.58. The van der Waals surface area contributed by atoms with Crippen molar-refractivity contribution in [2.45, 2.75) is 31.2 Å². The molecule has 1 aliphatic carbocycles. The Hall–Kier alpha value is -1.35. The summed E-state index contributed by atoms with van der Waals surface area (Å²) in [5, 5.41) is 3.24. The molecule has 0 unspecified atom stereocenters. The number of carbonyl (C=O) groups excluding carboxylic acids is 1. The Morgan fingerprint density at radius 2 is 1.84 bits per heavy atom. The van der Waals surface area contributed by atoms with Crippen molar-refractivity contribution in [1.82, 2.24) is 10.2 Å². The van der Waals surface area contributed by atoms with E-state index in [0.29, 0.717) is 6.54 Å². The van der Waals surface area contributed by atoms with E-state index < -0.39 is 0 Å². The molecule has 1 saturated carbocycles. The van der Waals surface area contributed by atoms with Gasteiger partial charge in [0.15, 0.2) is 0 Å². The number of nitrogens with zero attached hydrogens (tertiary/aromatic N) is 1. The zero-order valence-corrected chi connectivity index (χ0v) is 11.3. The average Bonchev–Trinajstić information content (AvgIpc) is 3.21. The van der Waals surface area contributed by atoms with Crippen LogP contribution in [0, 0.1) is 6.42 Å². The van der Waals surface area contributed by atoms with Crippen molar-refractivity contribution in [3.8, 4) is 0 Å². The van der Waals surface area contributed by atoms with Crippen molar-refractivity contribution in [3.63, 3.8) is 0 Å². The predicted octanol–water partition coefficient (Wildman–Crippen LogP) is 2.09. The molecular weight excluding hydrogens is 236 g/mol. The molecule has 1 heterocycles. The Bertz CT molecular complexity index is 433. The molecule has 0 bridgehead atoms. The molecule has 0 atom stereocenters. The highest BCUT2D eigenvalue weighted by molar-refractivity contribution is 5.79. The largest absolute Gasteiger partial charge is 0.345 e. The molecule has 3 rings (SSSR count). The van der Waals surface area contributed by atoms with Crippen molar-refractivity contribution in [2.24, 2.45) is 0 Å². The van der Waals surface area contributed by atoms with Gasteiger partial charge in [-0.3, -0.25) is 9.69 Å². The maximum absolute atomic E-state index is 12.2. The lowest BCUT2D eigenvalue weighted by atomic mass is 10.1. The molecule has 1 radical (unpaired) electrons. The van der Waals surface area contributed by atoms with Crippen molar-refractivity contribution < 1.29 is 4.79 Å². The normalized spacial score (nSPS) is 21.9. The van der Waals surface area contributed by atoms with Gasteiger partial charge in [-0.15, -0.1) is 0 Å². The zero-order valence-electron chi connectivity index (χ0n) is 11.3. The van der Waals surface area contributed by atoms with E-state index in [4.69, 9.17) is 0 Å². The quantitative estimate of drug-likeness (QED) is 0.896. The van der Waals surface area contributed by atoms with E-state index in [1.54, 1.807) is 0 Å². The van der Waals surface area contributed by atoms with Gasteiger partial charge >= 0.3 is 0 Å². The molecule has 2 fully saturated rings. The molecule has 0 aromatic heterocycles. The number of piperidine rings is 1. The Labute approximate surface area is 115 Å². The topological polar surface area (TPSA) is 32.3 Å². The van der Waals surface area contributed by atoms with E-state index in [0.717, 1.165) is 38.8 Å². The summed E-state index contributed by atoms with van der Waals surface area (Å²) >= 11 is 0. The second-order valence-corrected chi connectivity index (χ2v) is 5.64. The lowest BCUT2D eigenvalue weighted by molar-refractivity contribution is -0.123. The van der Waals surface area contributed by atoms with Gasteiger partial charge in [-0.25, -0.2) is 0 Å². The van der Waals surface area contributed by atoms with E-state index in [-0.39, 0.29) is 11.4 Å². The fourth-order valence-electron chi connectivity index (χ4n) is 2.84. The lowest BCUT2D eigenvalue weighted by Crippen LogP contribution is -2.43. The highest BCUT2D eigenvalue weighted by atomic mass is 16.2. The molecule has 2 aliphatic rings. The summed E-state index contributed by atoms with van der Waals surface area (Å²) in [6, 6.07) is 10.3. The molecule has 1 aliphatic heterocycles. The van der Waals surface area contributed by atoms with Crippen LogP contribution in [0.1, 0.15) is 31.2 Å². The van der Waals surface area contributed by atoms with Crippen LogP contribution in [0.15, 0.2) is 30.3 Å². The van der Waals surface area contributed by atoms with E-state index in [1.807, 2.05) is 18.2 Å². The first-order valence-electron chi connectivity index (χ1n) is 7.19. The van der Waals surface area contributed by atoms with Crippen LogP contribution in [0.3, 0.4) is 0 Å². The molecular formula is C16H21N2O. The molecule has 1 aromatic carbocycles. The summed E-state index contributed by atoms with van der Waals surface area (Å²) in [4.78, 5) is 14.4. The third-order valence-corrected chi connectivity index (χ3v) is 4.12. The SMILES string of the molecule is O=C(CN1CC[CH]CC1)NC1(c2ccccc2)CC1. The molecule has 101 valence electrons. The summed E-state index contributed by atoms with van der Waals surface area (Å²) < 4.78 is 0. The Balaban J connectivity index is 1.57. The van der Waals surface area contributed by atoms with Gasteiger partial charge in [0.05, 0.1) is 12.1 Å². The van der Waals surface area contributed by atoms with Gasteiger partial charge in [-0.1, -0.05) is 30.3 Å². The number of nitrogens with one attached hydrogen (secondary N) is 1. The van der Waals surface area contributed by atoms with Gasteiger partial charge < -0.3 is 5.32 Å². The minimum Gasteiger partial charge on any atom is -0.345 e. The lowest BCUT2D eigenvalue weighted by Gasteiger charge is -2.27. The first-order chi connectivity index (χ1) is 9.28. The van der Waals surface area contributed by atoms with Crippen LogP contribution in [0.4, 0.5) is 0 Å². The molecule has 3 heteroatoms. The van der Waals surface area contributed by atoms with Crippen molar-refractivity contribution in [1.29, 1.82) is 0 Å². The van der Waals surface area contributed by atoms with Gasteiger partial charge in [0.25, 0.3) is 0 Å². The van der Waals surface area contributed by atoms with E-state index in [1.165, 1.54) is 5.56 Å². The number of rotatable bonds is 4. The molecule has 1 N–H and O–H groups in total.